The van der Waals surface area contributed by atoms with Gasteiger partial charge in [0.1, 0.15) is 18.8 Å². The molecule has 0 unspecified atom stereocenters. The Morgan fingerprint density at radius 3 is 2.58 bits per heavy atom. The topological polar surface area (TPSA) is 117 Å². The van der Waals surface area contributed by atoms with Crippen molar-refractivity contribution in [3.05, 3.63) is 71.4 Å². The summed E-state index contributed by atoms with van der Waals surface area (Å²) in [6.45, 7) is 9.73. The number of rotatable bonds is 7. The second-order valence-electron chi connectivity index (χ2n) is 11.9. The minimum Gasteiger partial charge on any atom is -0.486 e. The molecule has 1 fully saturated rings. The number of aromatic nitrogens is 5. The van der Waals surface area contributed by atoms with E-state index in [0.29, 0.717) is 44.3 Å². The number of carbonyl (C=O) groups excluding carboxylic acids is 1. The van der Waals surface area contributed by atoms with Crippen LogP contribution in [0.5, 0.6) is 11.5 Å². The van der Waals surface area contributed by atoms with Gasteiger partial charge in [0, 0.05) is 56.7 Å². The van der Waals surface area contributed by atoms with Crippen LogP contribution >= 0.6 is 0 Å². The number of piperidine rings is 1. The third-order valence-electron chi connectivity index (χ3n) is 7.71. The lowest BCUT2D eigenvalue weighted by Gasteiger charge is -2.39. The van der Waals surface area contributed by atoms with Gasteiger partial charge in [0.2, 0.25) is 0 Å². The van der Waals surface area contributed by atoms with E-state index < -0.39 is 5.60 Å². The maximum Gasteiger partial charge on any atom is 0.410 e. The molecule has 4 aromatic heterocycles. The van der Waals surface area contributed by atoms with E-state index in [4.69, 9.17) is 14.2 Å². The molecular formula is C31H37N7O5. The van der Waals surface area contributed by atoms with Crippen LogP contribution in [0.25, 0.3) is 16.7 Å². The Morgan fingerprint density at radius 1 is 1.05 bits per heavy atom. The van der Waals surface area contributed by atoms with Crippen LogP contribution in [0, 0.1) is 0 Å². The van der Waals surface area contributed by atoms with Gasteiger partial charge >= 0.3 is 6.09 Å². The molecular weight excluding hydrogens is 550 g/mol. The van der Waals surface area contributed by atoms with Gasteiger partial charge in [-0.15, -0.1) is 0 Å². The van der Waals surface area contributed by atoms with E-state index in [1.54, 1.807) is 46.5 Å². The zero-order valence-electron chi connectivity index (χ0n) is 24.8. The first-order valence-electron chi connectivity index (χ1n) is 14.7. The number of imidazole rings is 1. The van der Waals surface area contributed by atoms with Crippen molar-refractivity contribution in [1.82, 2.24) is 33.9 Å². The molecule has 0 bridgehead atoms. The predicted molar refractivity (Wildman–Crippen MR) is 160 cm³/mol. The Morgan fingerprint density at radius 2 is 1.84 bits per heavy atom. The molecule has 1 saturated heterocycles. The van der Waals surface area contributed by atoms with Crippen molar-refractivity contribution in [2.45, 2.75) is 58.3 Å². The van der Waals surface area contributed by atoms with E-state index in [0.717, 1.165) is 48.3 Å². The number of carbonyl (C=O) groups is 1. The van der Waals surface area contributed by atoms with E-state index in [2.05, 4.69) is 19.9 Å². The fourth-order valence-corrected chi connectivity index (χ4v) is 5.55. The lowest BCUT2D eigenvalue weighted by Crippen LogP contribution is -2.49. The number of amides is 1. The maximum atomic E-state index is 13.4. The smallest absolute Gasteiger partial charge is 0.410 e. The zero-order chi connectivity index (χ0) is 30.0. The average molecular weight is 588 g/mol. The molecule has 12 heteroatoms. The highest BCUT2D eigenvalue weighted by atomic mass is 16.6. The first-order chi connectivity index (χ1) is 20.7. The molecule has 6 heterocycles. The second-order valence-corrected chi connectivity index (χ2v) is 11.9. The van der Waals surface area contributed by atoms with Gasteiger partial charge in [-0.25, -0.2) is 9.78 Å². The van der Waals surface area contributed by atoms with Gasteiger partial charge in [-0.05, 0) is 45.7 Å². The fourth-order valence-electron chi connectivity index (χ4n) is 5.55. The monoisotopic (exact) mass is 587 g/mol. The van der Waals surface area contributed by atoms with Crippen molar-refractivity contribution in [2.75, 3.05) is 32.8 Å². The Kier molecular flexibility index (Phi) is 8.02. The predicted octanol–water partition coefficient (Wildman–Crippen LogP) is 3.65. The lowest BCUT2D eigenvalue weighted by molar-refractivity contribution is 0.00529. The maximum absolute atomic E-state index is 13.4. The van der Waals surface area contributed by atoms with Crippen LogP contribution in [0.1, 0.15) is 39.3 Å². The molecule has 12 nitrogen and oxygen atoms in total. The van der Waals surface area contributed by atoms with Gasteiger partial charge in [-0.3, -0.25) is 19.7 Å². The van der Waals surface area contributed by atoms with E-state index in [-0.39, 0.29) is 17.7 Å². The highest BCUT2D eigenvalue weighted by Crippen LogP contribution is 2.30. The number of hydrogen-bond acceptors (Lipinski definition) is 9. The largest absolute Gasteiger partial charge is 0.486 e. The molecule has 2 aliphatic heterocycles. The minimum absolute atomic E-state index is 0.0108. The summed E-state index contributed by atoms with van der Waals surface area (Å²) in [6, 6.07) is 7.14. The molecule has 0 aliphatic carbocycles. The summed E-state index contributed by atoms with van der Waals surface area (Å²) in [5.74, 6) is 1.26. The van der Waals surface area contributed by atoms with Gasteiger partial charge in [0.25, 0.3) is 5.56 Å². The summed E-state index contributed by atoms with van der Waals surface area (Å²) in [7, 11) is 0. The van der Waals surface area contributed by atoms with Crippen LogP contribution in [-0.2, 0) is 17.8 Å². The third-order valence-corrected chi connectivity index (χ3v) is 7.71. The van der Waals surface area contributed by atoms with Gasteiger partial charge in [-0.2, -0.15) is 0 Å². The quantitative estimate of drug-likeness (QED) is 0.319. The number of nitrogens with zero attached hydrogens (tertiary/aromatic N) is 7. The number of likely N-dealkylation sites (tertiary alicyclic amines) is 1. The average Bonchev–Trinajstić information content (AvgIpc) is 3.54. The molecule has 2 aliphatic rings. The number of hydrogen-bond donors (Lipinski definition) is 0. The van der Waals surface area contributed by atoms with Crippen LogP contribution in [0.4, 0.5) is 4.79 Å². The van der Waals surface area contributed by atoms with E-state index >= 15 is 0 Å². The van der Waals surface area contributed by atoms with Crippen LogP contribution in [0.3, 0.4) is 0 Å². The first kappa shape index (κ1) is 28.7. The normalized spacial score (nSPS) is 15.9. The van der Waals surface area contributed by atoms with Gasteiger partial charge in [0.05, 0.1) is 47.7 Å². The Labute approximate surface area is 249 Å². The van der Waals surface area contributed by atoms with Crippen LogP contribution in [0.2, 0.25) is 0 Å². The summed E-state index contributed by atoms with van der Waals surface area (Å²) in [4.78, 5) is 43.6. The molecule has 0 radical (unpaired) electrons. The van der Waals surface area contributed by atoms with Crippen molar-refractivity contribution in [3.63, 3.8) is 0 Å². The van der Waals surface area contributed by atoms with E-state index in [1.807, 2.05) is 43.7 Å². The highest BCUT2D eigenvalue weighted by molar-refractivity contribution is 5.76. The summed E-state index contributed by atoms with van der Waals surface area (Å²) < 4.78 is 20.8. The third kappa shape index (κ3) is 6.64. The summed E-state index contributed by atoms with van der Waals surface area (Å²) in [5.41, 5.74) is 2.44. The molecule has 4 aromatic rings. The Hall–Kier alpha value is -4.45. The second kappa shape index (κ2) is 12.0. The molecule has 0 atom stereocenters. The SMILES string of the molecule is CC(C)(C)OC(=O)N(Cc1cc2c(cn1)OCCO2)C1CCN(CCn2c(=O)ccc3ncc(-n4ccnc4)cc32)CC1. The molecule has 0 spiro atoms. The molecule has 0 saturated carbocycles. The minimum atomic E-state index is -0.616. The number of fused-ring (bicyclic) bond motifs is 2. The van der Waals surface area contributed by atoms with Crippen molar-refractivity contribution < 1.29 is 19.0 Å². The summed E-state index contributed by atoms with van der Waals surface area (Å²) in [6.07, 6.45) is 9.91. The van der Waals surface area contributed by atoms with Crippen molar-refractivity contribution in [3.8, 4) is 17.2 Å². The highest BCUT2D eigenvalue weighted by Gasteiger charge is 2.32. The van der Waals surface area contributed by atoms with E-state index in [1.165, 1.54) is 0 Å². The molecule has 43 heavy (non-hydrogen) atoms. The lowest BCUT2D eigenvalue weighted by atomic mass is 10.0. The van der Waals surface area contributed by atoms with Crippen LogP contribution in [-0.4, -0.2) is 84.5 Å². The first-order valence-corrected chi connectivity index (χ1v) is 14.7. The standard InChI is InChI=1S/C31H37N7O5/c1-31(2,3)43-30(40)38(20-22-16-27-28(19-33-22)42-15-14-41-27)23-6-9-35(10-7-23)12-13-37-26-17-24(36-11-8-32-21-36)18-34-25(26)4-5-29(37)39/h4-5,8,11,16-19,21,23H,6-7,9-10,12-15,20H2,1-3H3. The molecule has 0 N–H and O–H groups in total. The fraction of sp³-hybridized carbons (Fsp3) is 0.452. The van der Waals surface area contributed by atoms with Crippen LogP contribution < -0.4 is 15.0 Å². The van der Waals surface area contributed by atoms with Crippen molar-refractivity contribution in [2.24, 2.45) is 0 Å². The number of ether oxygens (including phenoxy) is 3. The molecule has 1 amide bonds. The zero-order valence-corrected chi connectivity index (χ0v) is 24.8. The summed E-state index contributed by atoms with van der Waals surface area (Å²) >= 11 is 0. The summed E-state index contributed by atoms with van der Waals surface area (Å²) in [5, 5.41) is 0. The molecule has 0 aromatic carbocycles. The van der Waals surface area contributed by atoms with Crippen LogP contribution in [0.15, 0.2) is 60.2 Å². The Balaban J connectivity index is 1.13. The van der Waals surface area contributed by atoms with Crippen molar-refractivity contribution >= 4 is 17.1 Å². The molecule has 6 rings (SSSR count). The van der Waals surface area contributed by atoms with Gasteiger partial charge < -0.3 is 28.2 Å². The van der Waals surface area contributed by atoms with E-state index in [9.17, 15) is 9.59 Å². The van der Waals surface area contributed by atoms with Crippen molar-refractivity contribution in [1.29, 1.82) is 0 Å². The Bertz CT molecular complexity index is 1640. The number of pyridine rings is 3. The molecule has 226 valence electrons. The van der Waals surface area contributed by atoms with Gasteiger partial charge in [-0.1, -0.05) is 0 Å². The van der Waals surface area contributed by atoms with Gasteiger partial charge in [0.15, 0.2) is 11.5 Å².